The summed E-state index contributed by atoms with van der Waals surface area (Å²) >= 11 is 0. The molecule has 118 valence electrons. The smallest absolute Gasteiger partial charge is 0.0684 e. The summed E-state index contributed by atoms with van der Waals surface area (Å²) in [4.78, 5) is 5.21. The molecular formula is C17H34N2O. The van der Waals surface area contributed by atoms with Gasteiger partial charge in [-0.2, -0.15) is 0 Å². The molecule has 2 aliphatic heterocycles. The Morgan fingerprint density at radius 1 is 1.05 bits per heavy atom. The molecule has 3 heteroatoms. The van der Waals surface area contributed by atoms with Crippen molar-refractivity contribution in [3.63, 3.8) is 0 Å². The monoisotopic (exact) mass is 282 g/mol. The minimum Gasteiger partial charge on any atom is -0.375 e. The van der Waals surface area contributed by atoms with Crippen molar-refractivity contribution in [2.75, 3.05) is 45.9 Å². The van der Waals surface area contributed by atoms with Crippen molar-refractivity contribution in [3.8, 4) is 0 Å². The van der Waals surface area contributed by atoms with Crippen molar-refractivity contribution < 1.29 is 4.74 Å². The molecule has 0 bridgehead atoms. The number of ether oxygens (including phenoxy) is 1. The van der Waals surface area contributed by atoms with E-state index in [1.54, 1.807) is 0 Å². The summed E-state index contributed by atoms with van der Waals surface area (Å²) in [5.41, 5.74) is 0.214. The fourth-order valence-electron chi connectivity index (χ4n) is 3.81. The van der Waals surface area contributed by atoms with Gasteiger partial charge in [0.05, 0.1) is 12.2 Å². The molecule has 2 unspecified atom stereocenters. The highest BCUT2D eigenvalue weighted by molar-refractivity contribution is 4.89. The van der Waals surface area contributed by atoms with Crippen LogP contribution in [0, 0.1) is 5.92 Å². The van der Waals surface area contributed by atoms with E-state index >= 15 is 0 Å². The van der Waals surface area contributed by atoms with Gasteiger partial charge in [0.25, 0.3) is 0 Å². The molecule has 0 spiro atoms. The third-order valence-corrected chi connectivity index (χ3v) is 5.34. The van der Waals surface area contributed by atoms with Crippen LogP contribution in [-0.2, 0) is 4.74 Å². The van der Waals surface area contributed by atoms with Gasteiger partial charge in [-0.3, -0.25) is 0 Å². The Bertz CT molecular complexity index is 276. The lowest BCUT2D eigenvalue weighted by atomic mass is 9.87. The summed E-state index contributed by atoms with van der Waals surface area (Å²) in [6, 6.07) is 0. The minimum absolute atomic E-state index is 0.214. The number of piperazine rings is 1. The van der Waals surface area contributed by atoms with E-state index in [-0.39, 0.29) is 5.60 Å². The average molecular weight is 282 g/mol. The number of nitrogens with zero attached hydrogens (tertiary/aromatic N) is 2. The predicted molar refractivity (Wildman–Crippen MR) is 85.2 cm³/mol. The van der Waals surface area contributed by atoms with Gasteiger partial charge in [0.1, 0.15) is 0 Å². The molecule has 0 aromatic rings. The first-order valence-corrected chi connectivity index (χ1v) is 8.80. The van der Waals surface area contributed by atoms with Gasteiger partial charge < -0.3 is 14.5 Å². The van der Waals surface area contributed by atoms with E-state index in [0.29, 0.717) is 0 Å². The Hall–Kier alpha value is -0.120. The van der Waals surface area contributed by atoms with E-state index in [4.69, 9.17) is 4.74 Å². The standard InChI is InChI=1S/C17H34N2O/c1-4-7-8-17(5-2)13-16(15-20-17)14-19-11-9-18(6-3)10-12-19/h16H,4-15H2,1-3H3. The quantitative estimate of drug-likeness (QED) is 0.714. The molecule has 0 aromatic heterocycles. The molecule has 0 aliphatic carbocycles. The van der Waals surface area contributed by atoms with Crippen LogP contribution in [0.5, 0.6) is 0 Å². The fourth-order valence-corrected chi connectivity index (χ4v) is 3.81. The number of likely N-dealkylation sites (N-methyl/N-ethyl adjacent to an activating group) is 1. The summed E-state index contributed by atoms with van der Waals surface area (Å²) < 4.78 is 6.25. The second-order valence-corrected chi connectivity index (χ2v) is 6.76. The van der Waals surface area contributed by atoms with Crippen LogP contribution in [0.1, 0.15) is 52.9 Å². The van der Waals surface area contributed by atoms with Crippen LogP contribution in [0.3, 0.4) is 0 Å². The Morgan fingerprint density at radius 3 is 2.35 bits per heavy atom. The summed E-state index contributed by atoms with van der Waals surface area (Å²) in [5, 5.41) is 0. The predicted octanol–water partition coefficient (Wildman–Crippen LogP) is 3.00. The van der Waals surface area contributed by atoms with E-state index in [0.717, 1.165) is 12.5 Å². The topological polar surface area (TPSA) is 15.7 Å². The molecule has 2 saturated heterocycles. The third kappa shape index (κ3) is 4.19. The van der Waals surface area contributed by atoms with Gasteiger partial charge in [-0.15, -0.1) is 0 Å². The van der Waals surface area contributed by atoms with Crippen LogP contribution in [-0.4, -0.2) is 61.3 Å². The van der Waals surface area contributed by atoms with E-state index < -0.39 is 0 Å². The number of rotatable bonds is 7. The van der Waals surface area contributed by atoms with Crippen LogP contribution in [0.4, 0.5) is 0 Å². The summed E-state index contributed by atoms with van der Waals surface area (Å²) in [5.74, 6) is 0.764. The molecule has 2 fully saturated rings. The first-order chi connectivity index (χ1) is 9.71. The molecule has 2 aliphatic rings. The van der Waals surface area contributed by atoms with E-state index in [1.165, 1.54) is 71.4 Å². The molecule has 2 rings (SSSR count). The van der Waals surface area contributed by atoms with Crippen molar-refractivity contribution >= 4 is 0 Å². The van der Waals surface area contributed by atoms with Crippen LogP contribution >= 0.6 is 0 Å². The number of unbranched alkanes of at least 4 members (excludes halogenated alkanes) is 1. The van der Waals surface area contributed by atoms with E-state index in [9.17, 15) is 0 Å². The zero-order valence-corrected chi connectivity index (χ0v) is 13.9. The highest BCUT2D eigenvalue weighted by Gasteiger charge is 2.38. The summed E-state index contributed by atoms with van der Waals surface area (Å²) in [6.07, 6.45) is 6.34. The third-order valence-electron chi connectivity index (χ3n) is 5.34. The Morgan fingerprint density at radius 2 is 1.75 bits per heavy atom. The van der Waals surface area contributed by atoms with Crippen molar-refractivity contribution in [1.82, 2.24) is 9.80 Å². The Kier molecular flexibility index (Phi) is 6.31. The summed E-state index contributed by atoms with van der Waals surface area (Å²) in [7, 11) is 0. The van der Waals surface area contributed by atoms with Gasteiger partial charge in [-0.1, -0.05) is 33.6 Å². The van der Waals surface area contributed by atoms with Crippen LogP contribution in [0.15, 0.2) is 0 Å². The van der Waals surface area contributed by atoms with Crippen LogP contribution < -0.4 is 0 Å². The molecule has 0 aromatic carbocycles. The zero-order chi connectivity index (χ0) is 14.4. The second-order valence-electron chi connectivity index (χ2n) is 6.76. The lowest BCUT2D eigenvalue weighted by molar-refractivity contribution is -0.00858. The number of hydrogen-bond acceptors (Lipinski definition) is 3. The highest BCUT2D eigenvalue weighted by Crippen LogP contribution is 2.37. The molecule has 0 N–H and O–H groups in total. The molecule has 2 atom stereocenters. The average Bonchev–Trinajstić information content (AvgIpc) is 2.90. The summed E-state index contributed by atoms with van der Waals surface area (Å²) in [6.45, 7) is 15.3. The van der Waals surface area contributed by atoms with Gasteiger partial charge in [0.2, 0.25) is 0 Å². The first kappa shape index (κ1) is 16.3. The van der Waals surface area contributed by atoms with Gasteiger partial charge in [0.15, 0.2) is 0 Å². The van der Waals surface area contributed by atoms with Crippen LogP contribution in [0.25, 0.3) is 0 Å². The maximum atomic E-state index is 6.25. The Balaban J connectivity index is 1.75. The maximum Gasteiger partial charge on any atom is 0.0684 e. The molecule has 3 nitrogen and oxygen atoms in total. The molecule has 20 heavy (non-hydrogen) atoms. The fraction of sp³-hybridized carbons (Fsp3) is 1.00. The Labute approximate surface area is 125 Å². The second kappa shape index (κ2) is 7.77. The SMILES string of the molecule is CCCCC1(CC)CC(CN2CCN(CC)CC2)CO1. The van der Waals surface area contributed by atoms with Gasteiger partial charge in [0, 0.05) is 32.7 Å². The molecule has 0 saturated carbocycles. The molecule has 2 heterocycles. The van der Waals surface area contributed by atoms with Gasteiger partial charge in [-0.05, 0) is 31.7 Å². The van der Waals surface area contributed by atoms with E-state index in [2.05, 4.69) is 30.6 Å². The van der Waals surface area contributed by atoms with Crippen LogP contribution in [0.2, 0.25) is 0 Å². The van der Waals surface area contributed by atoms with Gasteiger partial charge in [-0.25, -0.2) is 0 Å². The molecule has 0 amide bonds. The maximum absolute atomic E-state index is 6.25. The molecular weight excluding hydrogens is 248 g/mol. The molecule has 0 radical (unpaired) electrons. The lowest BCUT2D eigenvalue weighted by Gasteiger charge is -2.35. The van der Waals surface area contributed by atoms with Crippen molar-refractivity contribution in [3.05, 3.63) is 0 Å². The van der Waals surface area contributed by atoms with E-state index in [1.807, 2.05) is 0 Å². The zero-order valence-electron chi connectivity index (χ0n) is 13.9. The largest absolute Gasteiger partial charge is 0.375 e. The van der Waals surface area contributed by atoms with Gasteiger partial charge >= 0.3 is 0 Å². The highest BCUT2D eigenvalue weighted by atomic mass is 16.5. The van der Waals surface area contributed by atoms with Crippen molar-refractivity contribution in [1.29, 1.82) is 0 Å². The van der Waals surface area contributed by atoms with Crippen molar-refractivity contribution in [2.24, 2.45) is 5.92 Å². The number of hydrogen-bond donors (Lipinski definition) is 0. The van der Waals surface area contributed by atoms with Crippen molar-refractivity contribution in [2.45, 2.75) is 58.5 Å². The minimum atomic E-state index is 0.214. The lowest BCUT2D eigenvalue weighted by Crippen LogP contribution is -2.47. The normalized spacial score (nSPS) is 32.9. The first-order valence-electron chi connectivity index (χ1n) is 8.80.